The Bertz CT molecular complexity index is 214. The second-order valence-electron chi connectivity index (χ2n) is 3.06. The first-order valence-corrected chi connectivity index (χ1v) is 3.51. The average molecular weight is 157 g/mol. The fourth-order valence-corrected chi connectivity index (χ4v) is 1.26. The predicted molar refractivity (Wildman–Crippen MR) is 38.0 cm³/mol. The van der Waals surface area contributed by atoms with Crippen LogP contribution >= 0.6 is 0 Å². The van der Waals surface area contributed by atoms with Crippen molar-refractivity contribution in [2.24, 2.45) is 5.92 Å². The van der Waals surface area contributed by atoms with Gasteiger partial charge in [0.15, 0.2) is 0 Å². The van der Waals surface area contributed by atoms with Crippen LogP contribution in [0, 0.1) is 5.92 Å². The first kappa shape index (κ1) is 8.04. The molecule has 0 heterocycles. The second kappa shape index (κ2) is 2.22. The van der Waals surface area contributed by atoms with E-state index in [1.807, 2.05) is 6.92 Å². The molecule has 1 saturated carbocycles. The molecule has 4 nitrogen and oxygen atoms in total. The van der Waals surface area contributed by atoms with E-state index in [1.165, 1.54) is 6.92 Å². The normalized spacial score (nSPS) is 34.5. The minimum atomic E-state index is -0.953. The van der Waals surface area contributed by atoms with Gasteiger partial charge in [-0.05, 0) is 12.3 Å². The minimum Gasteiger partial charge on any atom is -0.479 e. The highest BCUT2D eigenvalue weighted by Gasteiger charge is 2.58. The van der Waals surface area contributed by atoms with Crippen LogP contribution in [0.3, 0.4) is 0 Å². The molecular weight excluding hydrogens is 146 g/mol. The Morgan fingerprint density at radius 2 is 2.09 bits per heavy atom. The fourth-order valence-electron chi connectivity index (χ4n) is 1.26. The maximum atomic E-state index is 10.6. The highest BCUT2D eigenvalue weighted by molar-refractivity contribution is 5.89. The molecule has 0 unspecified atom stereocenters. The summed E-state index contributed by atoms with van der Waals surface area (Å²) in [6, 6.07) is 0. The molecule has 1 amide bonds. The quantitative estimate of drug-likeness (QED) is 0.592. The number of rotatable bonds is 2. The van der Waals surface area contributed by atoms with Gasteiger partial charge in [-0.2, -0.15) is 0 Å². The van der Waals surface area contributed by atoms with Crippen molar-refractivity contribution < 1.29 is 14.7 Å². The van der Waals surface area contributed by atoms with Crippen molar-refractivity contribution in [1.82, 2.24) is 5.32 Å². The lowest BCUT2D eigenvalue weighted by Gasteiger charge is -2.10. The molecule has 2 atom stereocenters. The summed E-state index contributed by atoms with van der Waals surface area (Å²) in [7, 11) is 0. The Kier molecular flexibility index (Phi) is 1.62. The Labute approximate surface area is 64.6 Å². The highest BCUT2D eigenvalue weighted by Crippen LogP contribution is 2.42. The minimum absolute atomic E-state index is 0.0592. The number of aliphatic carboxylic acids is 1. The van der Waals surface area contributed by atoms with E-state index < -0.39 is 11.5 Å². The number of amides is 1. The molecule has 0 aromatic heterocycles. The molecule has 0 aromatic rings. The van der Waals surface area contributed by atoms with Crippen molar-refractivity contribution in [3.63, 3.8) is 0 Å². The third kappa shape index (κ3) is 1.20. The van der Waals surface area contributed by atoms with E-state index in [-0.39, 0.29) is 11.8 Å². The molecule has 1 fully saturated rings. The van der Waals surface area contributed by atoms with Crippen LogP contribution in [0.15, 0.2) is 0 Å². The van der Waals surface area contributed by atoms with Gasteiger partial charge >= 0.3 is 5.97 Å². The van der Waals surface area contributed by atoms with E-state index in [1.54, 1.807) is 0 Å². The number of hydrogen-bond donors (Lipinski definition) is 2. The van der Waals surface area contributed by atoms with Crippen LogP contribution in [-0.4, -0.2) is 22.5 Å². The van der Waals surface area contributed by atoms with Crippen molar-refractivity contribution in [2.45, 2.75) is 25.8 Å². The van der Waals surface area contributed by atoms with E-state index >= 15 is 0 Å². The van der Waals surface area contributed by atoms with Gasteiger partial charge in [-0.3, -0.25) is 4.79 Å². The third-order valence-corrected chi connectivity index (χ3v) is 2.09. The Morgan fingerprint density at radius 3 is 2.18 bits per heavy atom. The van der Waals surface area contributed by atoms with Crippen LogP contribution in [0.4, 0.5) is 0 Å². The maximum absolute atomic E-state index is 10.6. The summed E-state index contributed by atoms with van der Waals surface area (Å²) in [6.45, 7) is 3.14. The van der Waals surface area contributed by atoms with Crippen molar-refractivity contribution in [3.05, 3.63) is 0 Å². The van der Waals surface area contributed by atoms with Crippen molar-refractivity contribution >= 4 is 11.9 Å². The lowest BCUT2D eigenvalue weighted by Crippen LogP contribution is -2.43. The smallest absolute Gasteiger partial charge is 0.329 e. The largest absolute Gasteiger partial charge is 0.479 e. The first-order chi connectivity index (χ1) is 4.99. The van der Waals surface area contributed by atoms with Crippen LogP contribution in [-0.2, 0) is 9.59 Å². The number of carbonyl (C=O) groups excluding carboxylic acids is 1. The van der Waals surface area contributed by atoms with Crippen LogP contribution in [0.25, 0.3) is 0 Å². The second-order valence-corrected chi connectivity index (χ2v) is 3.06. The number of carboxylic acids is 1. The number of carbonyl (C=O) groups is 2. The summed E-state index contributed by atoms with van der Waals surface area (Å²) in [5.74, 6) is -1.15. The van der Waals surface area contributed by atoms with Gasteiger partial charge in [0.05, 0.1) is 0 Å². The van der Waals surface area contributed by atoms with Gasteiger partial charge in [0.25, 0.3) is 0 Å². The zero-order chi connectivity index (χ0) is 8.65. The molecule has 1 aliphatic rings. The Hall–Kier alpha value is -1.06. The molecule has 0 aromatic carbocycles. The Morgan fingerprint density at radius 1 is 1.64 bits per heavy atom. The summed E-state index contributed by atoms with van der Waals surface area (Å²) in [6.07, 6.45) is 0.544. The molecule has 0 spiro atoms. The van der Waals surface area contributed by atoms with E-state index in [2.05, 4.69) is 5.32 Å². The monoisotopic (exact) mass is 157 g/mol. The van der Waals surface area contributed by atoms with E-state index in [4.69, 9.17) is 5.11 Å². The zero-order valence-corrected chi connectivity index (χ0v) is 6.55. The van der Waals surface area contributed by atoms with Gasteiger partial charge in [-0.15, -0.1) is 0 Å². The molecular formula is C7H11NO3. The topological polar surface area (TPSA) is 66.4 Å². The van der Waals surface area contributed by atoms with Crippen molar-refractivity contribution in [2.75, 3.05) is 0 Å². The molecule has 0 bridgehead atoms. The van der Waals surface area contributed by atoms with Gasteiger partial charge in [0, 0.05) is 6.92 Å². The van der Waals surface area contributed by atoms with Gasteiger partial charge in [0.2, 0.25) is 5.91 Å². The highest BCUT2D eigenvalue weighted by atomic mass is 16.4. The fraction of sp³-hybridized carbons (Fsp3) is 0.714. The van der Waals surface area contributed by atoms with Crippen LogP contribution < -0.4 is 5.32 Å². The lowest BCUT2D eigenvalue weighted by atomic mass is 10.2. The molecule has 0 saturated heterocycles. The third-order valence-electron chi connectivity index (χ3n) is 2.09. The van der Waals surface area contributed by atoms with Crippen LogP contribution in [0.2, 0.25) is 0 Å². The maximum Gasteiger partial charge on any atom is 0.329 e. The average Bonchev–Trinajstić information content (AvgIpc) is 2.41. The van der Waals surface area contributed by atoms with Crippen molar-refractivity contribution in [3.8, 4) is 0 Å². The molecule has 1 rings (SSSR count). The lowest BCUT2D eigenvalue weighted by molar-refractivity contribution is -0.143. The van der Waals surface area contributed by atoms with Crippen LogP contribution in [0.5, 0.6) is 0 Å². The summed E-state index contributed by atoms with van der Waals surface area (Å²) in [5.41, 5.74) is -0.953. The first-order valence-electron chi connectivity index (χ1n) is 3.51. The molecule has 4 heteroatoms. The van der Waals surface area contributed by atoms with Gasteiger partial charge in [-0.1, -0.05) is 6.92 Å². The number of hydrogen-bond acceptors (Lipinski definition) is 2. The molecule has 2 N–H and O–H groups in total. The van der Waals surface area contributed by atoms with Gasteiger partial charge < -0.3 is 10.4 Å². The van der Waals surface area contributed by atoms with Gasteiger partial charge in [0.1, 0.15) is 5.54 Å². The summed E-state index contributed by atoms with van der Waals surface area (Å²) in [5, 5.41) is 11.1. The molecule has 0 aliphatic heterocycles. The molecule has 1 aliphatic carbocycles. The van der Waals surface area contributed by atoms with E-state index in [9.17, 15) is 9.59 Å². The summed E-state index contributed by atoms with van der Waals surface area (Å²) < 4.78 is 0. The SMILES string of the molecule is CC(=O)N[C@]1(C(=O)O)C[C@H]1C. The number of carboxylic acid groups (broad SMARTS) is 1. The van der Waals surface area contributed by atoms with E-state index in [0.29, 0.717) is 6.42 Å². The number of nitrogens with one attached hydrogen (secondary N) is 1. The molecule has 11 heavy (non-hydrogen) atoms. The molecule has 62 valence electrons. The zero-order valence-electron chi connectivity index (χ0n) is 6.55. The summed E-state index contributed by atoms with van der Waals surface area (Å²) >= 11 is 0. The van der Waals surface area contributed by atoms with E-state index in [0.717, 1.165) is 0 Å². The standard InChI is InChI=1S/C7H11NO3/c1-4-3-7(4,6(10)11)8-5(2)9/h4H,3H2,1-2H3,(H,8,9)(H,10,11)/t4-,7-/m1/s1. The Balaban J connectivity index is 2.65. The molecule has 0 radical (unpaired) electrons. The predicted octanol–water partition coefficient (Wildman–Crippen LogP) is -0.0143. The van der Waals surface area contributed by atoms with Gasteiger partial charge in [-0.25, -0.2) is 4.79 Å². The van der Waals surface area contributed by atoms with Crippen molar-refractivity contribution in [1.29, 1.82) is 0 Å². The van der Waals surface area contributed by atoms with Crippen LogP contribution in [0.1, 0.15) is 20.3 Å². The summed E-state index contributed by atoms with van der Waals surface area (Å²) in [4.78, 5) is 21.2.